The third-order valence-electron chi connectivity index (χ3n) is 4.96. The molecule has 1 aromatic carbocycles. The van der Waals surface area contributed by atoms with E-state index >= 15 is 0 Å². The van der Waals surface area contributed by atoms with Crippen LogP contribution in [0.2, 0.25) is 0 Å². The molecule has 1 aliphatic rings. The summed E-state index contributed by atoms with van der Waals surface area (Å²) in [4.78, 5) is 20.3. The highest BCUT2D eigenvalue weighted by Gasteiger charge is 2.29. The first-order valence-corrected chi connectivity index (χ1v) is 11.2. The molecule has 156 valence electrons. The van der Waals surface area contributed by atoms with Crippen LogP contribution in [-0.2, 0) is 14.3 Å². The molecule has 1 aliphatic heterocycles. The maximum atomic E-state index is 12.5. The molecule has 0 saturated carbocycles. The maximum absolute atomic E-state index is 12.5. The van der Waals surface area contributed by atoms with E-state index in [9.17, 15) is 13.2 Å². The van der Waals surface area contributed by atoms with Gasteiger partial charge in [0.2, 0.25) is 0 Å². The van der Waals surface area contributed by atoms with Gasteiger partial charge in [-0.2, -0.15) is 8.42 Å². The van der Waals surface area contributed by atoms with Crippen molar-refractivity contribution in [2.45, 2.75) is 44.1 Å². The molecule has 1 fully saturated rings. The molecule has 0 spiro atoms. The second-order valence-corrected chi connectivity index (χ2v) is 8.87. The van der Waals surface area contributed by atoms with E-state index in [1.54, 1.807) is 48.5 Å². The number of pyridine rings is 1. The Morgan fingerprint density at radius 1 is 1.07 bits per heavy atom. The van der Waals surface area contributed by atoms with Crippen molar-refractivity contribution in [2.75, 3.05) is 24.5 Å². The van der Waals surface area contributed by atoms with Gasteiger partial charge < -0.3 is 4.90 Å². The lowest BCUT2D eigenvalue weighted by molar-refractivity contribution is 0.207. The highest BCUT2D eigenvalue weighted by Crippen LogP contribution is 2.20. The molecule has 2 amide bonds. The number of carbonyl (C=O) groups is 1. The molecular formula is C21H27N3O4S. The summed E-state index contributed by atoms with van der Waals surface area (Å²) >= 11 is 0. The van der Waals surface area contributed by atoms with Gasteiger partial charge in [0.15, 0.2) is 0 Å². The molecule has 1 saturated heterocycles. The summed E-state index contributed by atoms with van der Waals surface area (Å²) in [5, 5.41) is 0. The van der Waals surface area contributed by atoms with Crippen LogP contribution >= 0.6 is 0 Å². The van der Waals surface area contributed by atoms with Gasteiger partial charge in [-0.15, -0.1) is 0 Å². The average molecular weight is 418 g/mol. The molecule has 1 aromatic heterocycles. The van der Waals surface area contributed by atoms with Gasteiger partial charge in [-0.05, 0) is 57.4 Å². The molecule has 0 N–H and O–H groups in total. The van der Waals surface area contributed by atoms with Crippen molar-refractivity contribution in [1.82, 2.24) is 9.88 Å². The molecule has 8 heteroatoms. The Morgan fingerprint density at radius 3 is 2.45 bits per heavy atom. The summed E-state index contributed by atoms with van der Waals surface area (Å²) in [6, 6.07) is 10.3. The third-order valence-corrected chi connectivity index (χ3v) is 6.39. The lowest BCUT2D eigenvalue weighted by atomic mass is 10.2. The van der Waals surface area contributed by atoms with E-state index in [0.717, 1.165) is 24.1 Å². The van der Waals surface area contributed by atoms with Crippen LogP contribution in [0.25, 0.3) is 0 Å². The quantitative estimate of drug-likeness (QED) is 0.460. The van der Waals surface area contributed by atoms with Crippen molar-refractivity contribution in [1.29, 1.82) is 0 Å². The number of benzene rings is 1. The minimum atomic E-state index is -3.75. The van der Waals surface area contributed by atoms with Crippen molar-refractivity contribution in [3.8, 4) is 0 Å². The molecular weight excluding hydrogens is 390 g/mol. The lowest BCUT2D eigenvalue weighted by Crippen LogP contribution is -2.32. The Morgan fingerprint density at radius 2 is 1.76 bits per heavy atom. The van der Waals surface area contributed by atoms with Crippen LogP contribution in [0.5, 0.6) is 0 Å². The first kappa shape index (κ1) is 21.3. The van der Waals surface area contributed by atoms with E-state index in [-0.39, 0.29) is 10.9 Å². The minimum Gasteiger partial charge on any atom is -0.323 e. The number of rotatable bonds is 9. The van der Waals surface area contributed by atoms with Crippen molar-refractivity contribution < 1.29 is 17.4 Å². The van der Waals surface area contributed by atoms with E-state index in [0.29, 0.717) is 26.1 Å². The summed E-state index contributed by atoms with van der Waals surface area (Å²) < 4.78 is 30.0. The van der Waals surface area contributed by atoms with Gasteiger partial charge in [-0.3, -0.25) is 14.1 Å². The number of anilines is 1. The minimum absolute atomic E-state index is 0.00227. The van der Waals surface area contributed by atoms with Crippen LogP contribution in [0.15, 0.2) is 53.7 Å². The molecule has 2 aromatic rings. The molecule has 0 bridgehead atoms. The largest absolute Gasteiger partial charge is 0.324 e. The predicted octanol–water partition coefficient (Wildman–Crippen LogP) is 3.60. The zero-order valence-electron chi connectivity index (χ0n) is 16.8. The first-order chi connectivity index (χ1) is 13.9. The zero-order chi connectivity index (χ0) is 20.9. The molecule has 29 heavy (non-hydrogen) atoms. The standard InChI is InChI=1S/C21H27N3O4S/c1-17-6-8-20(9-7-17)29(26,27)28-18(2)5-3-4-14-23-15-16-24(21(23)25)19-10-12-22-13-11-19/h6-13,18H,3-5,14-16H2,1-2H3. The van der Waals surface area contributed by atoms with E-state index in [2.05, 4.69) is 4.98 Å². The number of unbranched alkanes of at least 4 members (excludes halogenated alkanes) is 1. The average Bonchev–Trinajstić information content (AvgIpc) is 3.06. The number of hydrogen-bond donors (Lipinski definition) is 0. The van der Waals surface area contributed by atoms with Crippen molar-refractivity contribution >= 4 is 21.8 Å². The van der Waals surface area contributed by atoms with Crippen LogP contribution < -0.4 is 4.90 Å². The van der Waals surface area contributed by atoms with Gasteiger partial charge in [-0.1, -0.05) is 17.7 Å². The third kappa shape index (κ3) is 5.55. The van der Waals surface area contributed by atoms with Crippen LogP contribution in [0.1, 0.15) is 31.7 Å². The van der Waals surface area contributed by atoms with Crippen molar-refractivity contribution in [2.24, 2.45) is 0 Å². The lowest BCUT2D eigenvalue weighted by Gasteiger charge is -2.19. The Balaban J connectivity index is 1.41. The van der Waals surface area contributed by atoms with Crippen molar-refractivity contribution in [3.05, 3.63) is 54.4 Å². The van der Waals surface area contributed by atoms with E-state index in [1.165, 1.54) is 0 Å². The van der Waals surface area contributed by atoms with Gasteiger partial charge in [0.1, 0.15) is 0 Å². The van der Waals surface area contributed by atoms with Gasteiger partial charge in [-0.25, -0.2) is 4.79 Å². The first-order valence-electron chi connectivity index (χ1n) is 9.83. The Bertz CT molecular complexity index is 917. The van der Waals surface area contributed by atoms with Crippen molar-refractivity contribution in [3.63, 3.8) is 0 Å². The fourth-order valence-corrected chi connectivity index (χ4v) is 4.42. The normalized spacial score (nSPS) is 15.7. The molecule has 1 unspecified atom stereocenters. The van der Waals surface area contributed by atoms with Gasteiger partial charge in [0.25, 0.3) is 10.1 Å². The molecule has 2 heterocycles. The summed E-state index contributed by atoms with van der Waals surface area (Å²) in [7, 11) is -3.75. The monoisotopic (exact) mass is 417 g/mol. The Labute approximate surface area is 172 Å². The molecule has 7 nitrogen and oxygen atoms in total. The van der Waals surface area contributed by atoms with Gasteiger partial charge in [0, 0.05) is 37.7 Å². The van der Waals surface area contributed by atoms with Crippen LogP contribution in [0, 0.1) is 6.92 Å². The number of nitrogens with zero attached hydrogens (tertiary/aromatic N) is 3. The van der Waals surface area contributed by atoms with E-state index in [1.807, 2.05) is 24.0 Å². The highest BCUT2D eigenvalue weighted by atomic mass is 32.2. The predicted molar refractivity (Wildman–Crippen MR) is 111 cm³/mol. The summed E-state index contributed by atoms with van der Waals surface area (Å²) in [6.07, 6.45) is 5.14. The van der Waals surface area contributed by atoms with Gasteiger partial charge in [0.05, 0.1) is 11.0 Å². The van der Waals surface area contributed by atoms with E-state index in [4.69, 9.17) is 4.18 Å². The topological polar surface area (TPSA) is 79.8 Å². The number of aryl methyl sites for hydroxylation is 1. The number of urea groups is 1. The number of hydrogen-bond acceptors (Lipinski definition) is 5. The Kier molecular flexibility index (Phi) is 6.87. The number of amides is 2. The molecule has 0 radical (unpaired) electrons. The summed E-state index contributed by atoms with van der Waals surface area (Å²) in [6.45, 7) is 5.67. The second kappa shape index (κ2) is 9.37. The smallest absolute Gasteiger partial charge is 0.323 e. The maximum Gasteiger partial charge on any atom is 0.324 e. The summed E-state index contributed by atoms with van der Waals surface area (Å²) in [5.74, 6) is 0. The van der Waals surface area contributed by atoms with Crippen LogP contribution in [0.3, 0.4) is 0 Å². The molecule has 3 rings (SSSR count). The molecule has 1 atom stereocenters. The Hall–Kier alpha value is -2.45. The fraction of sp³-hybridized carbons (Fsp3) is 0.429. The van der Waals surface area contributed by atoms with Gasteiger partial charge >= 0.3 is 6.03 Å². The fourth-order valence-electron chi connectivity index (χ4n) is 3.31. The number of aromatic nitrogens is 1. The SMILES string of the molecule is Cc1ccc(S(=O)(=O)OC(C)CCCCN2CCN(c3ccncc3)C2=O)cc1. The van der Waals surface area contributed by atoms with Crippen LogP contribution in [-0.4, -0.2) is 50.1 Å². The number of carbonyl (C=O) groups excluding carboxylic acids is 1. The second-order valence-electron chi connectivity index (χ2n) is 7.30. The highest BCUT2D eigenvalue weighted by molar-refractivity contribution is 7.86. The van der Waals surface area contributed by atoms with Crippen LogP contribution in [0.4, 0.5) is 10.5 Å². The molecule has 0 aliphatic carbocycles. The zero-order valence-corrected chi connectivity index (χ0v) is 17.6. The summed E-state index contributed by atoms with van der Waals surface area (Å²) in [5.41, 5.74) is 1.85. The van der Waals surface area contributed by atoms with E-state index < -0.39 is 16.2 Å².